The number of nitrogens with zero attached hydrogens (tertiary/aromatic N) is 2. The molecular formula is C17H23N3O3S. The van der Waals surface area contributed by atoms with E-state index in [0.717, 1.165) is 5.56 Å². The van der Waals surface area contributed by atoms with Crippen molar-refractivity contribution in [1.82, 2.24) is 14.9 Å². The number of benzene rings is 1. The van der Waals surface area contributed by atoms with Crippen LogP contribution in [-0.2, 0) is 21.7 Å². The summed E-state index contributed by atoms with van der Waals surface area (Å²) >= 11 is 0. The fourth-order valence-electron chi connectivity index (χ4n) is 2.48. The Bertz CT molecular complexity index is 784. The van der Waals surface area contributed by atoms with Crippen molar-refractivity contribution in [2.75, 3.05) is 5.75 Å². The summed E-state index contributed by atoms with van der Waals surface area (Å²) in [6.45, 7) is 3.21. The summed E-state index contributed by atoms with van der Waals surface area (Å²) in [6.07, 6.45) is 3.92. The number of imidazole rings is 1. The van der Waals surface area contributed by atoms with Gasteiger partial charge in [-0.3, -0.25) is 4.79 Å². The Morgan fingerprint density at radius 3 is 2.50 bits per heavy atom. The molecule has 1 heterocycles. The highest BCUT2D eigenvalue weighted by molar-refractivity contribution is 7.92. The molecule has 24 heavy (non-hydrogen) atoms. The highest BCUT2D eigenvalue weighted by Gasteiger charge is 2.30. The van der Waals surface area contributed by atoms with Crippen LogP contribution in [0.4, 0.5) is 0 Å². The van der Waals surface area contributed by atoms with Crippen LogP contribution in [0.3, 0.4) is 0 Å². The zero-order valence-corrected chi connectivity index (χ0v) is 15.0. The lowest BCUT2D eigenvalue weighted by atomic mass is 10.1. The minimum Gasteiger partial charge on any atom is -0.341 e. The fraction of sp³-hybridized carbons (Fsp3) is 0.412. The molecule has 2 rings (SSSR count). The number of carbonyl (C=O) groups excluding carboxylic acids is 1. The molecular weight excluding hydrogens is 326 g/mol. The first-order valence-corrected chi connectivity index (χ1v) is 9.62. The van der Waals surface area contributed by atoms with Crippen molar-refractivity contribution in [3.63, 3.8) is 0 Å². The van der Waals surface area contributed by atoms with Gasteiger partial charge in [0.1, 0.15) is 17.1 Å². The average Bonchev–Trinajstić information content (AvgIpc) is 2.98. The fourth-order valence-corrected chi connectivity index (χ4v) is 3.80. The van der Waals surface area contributed by atoms with Gasteiger partial charge in [-0.25, -0.2) is 13.4 Å². The number of sulfone groups is 1. The van der Waals surface area contributed by atoms with Crippen molar-refractivity contribution in [3.8, 4) is 0 Å². The van der Waals surface area contributed by atoms with Gasteiger partial charge >= 0.3 is 0 Å². The maximum absolute atomic E-state index is 12.5. The van der Waals surface area contributed by atoms with Gasteiger partial charge in [-0.2, -0.15) is 0 Å². The van der Waals surface area contributed by atoms with E-state index in [9.17, 15) is 13.2 Å². The van der Waals surface area contributed by atoms with Gasteiger partial charge < -0.3 is 9.88 Å². The van der Waals surface area contributed by atoms with Crippen LogP contribution < -0.4 is 5.32 Å². The van der Waals surface area contributed by atoms with Crippen molar-refractivity contribution >= 4 is 15.7 Å². The first kappa shape index (κ1) is 18.2. The van der Waals surface area contributed by atoms with E-state index in [2.05, 4.69) is 10.3 Å². The predicted octanol–water partition coefficient (Wildman–Crippen LogP) is 1.84. The van der Waals surface area contributed by atoms with Gasteiger partial charge in [0.05, 0.1) is 5.75 Å². The van der Waals surface area contributed by atoms with Crippen molar-refractivity contribution in [2.45, 2.75) is 31.6 Å². The number of aryl methyl sites for hydroxylation is 1. The number of aromatic nitrogens is 2. The molecule has 0 radical (unpaired) electrons. The van der Waals surface area contributed by atoms with Crippen LogP contribution in [0.5, 0.6) is 0 Å². The van der Waals surface area contributed by atoms with Crippen molar-refractivity contribution < 1.29 is 13.2 Å². The lowest BCUT2D eigenvalue weighted by molar-refractivity contribution is -0.121. The minimum absolute atomic E-state index is 0.00000488. The predicted molar refractivity (Wildman–Crippen MR) is 93.2 cm³/mol. The van der Waals surface area contributed by atoms with E-state index in [1.54, 1.807) is 19.3 Å². The second-order valence-electron chi connectivity index (χ2n) is 5.76. The van der Waals surface area contributed by atoms with Crippen LogP contribution in [0.1, 0.15) is 37.7 Å². The molecule has 1 aromatic heterocycles. The third-order valence-corrected chi connectivity index (χ3v) is 6.20. The van der Waals surface area contributed by atoms with E-state index in [1.165, 1.54) is 6.92 Å². The number of hydrogen-bond acceptors (Lipinski definition) is 4. The van der Waals surface area contributed by atoms with E-state index < -0.39 is 27.0 Å². The molecule has 0 unspecified atom stereocenters. The molecule has 130 valence electrons. The van der Waals surface area contributed by atoms with E-state index in [0.29, 0.717) is 12.2 Å². The molecule has 0 bridgehead atoms. The van der Waals surface area contributed by atoms with Gasteiger partial charge in [-0.05, 0) is 18.9 Å². The van der Waals surface area contributed by atoms with Gasteiger partial charge in [0.15, 0.2) is 9.84 Å². The van der Waals surface area contributed by atoms with Gasteiger partial charge in [-0.1, -0.05) is 37.3 Å². The molecule has 1 N–H and O–H groups in total. The number of nitrogens with one attached hydrogen (secondary N) is 1. The Morgan fingerprint density at radius 2 is 1.96 bits per heavy atom. The molecule has 7 heteroatoms. The Hall–Kier alpha value is -2.15. The van der Waals surface area contributed by atoms with E-state index >= 15 is 0 Å². The molecule has 1 aromatic carbocycles. The Kier molecular flexibility index (Phi) is 5.77. The SMILES string of the molecule is CCCS(=O)(=O)[C@@H](C)C(=O)N[C@H](c1ccccc1)c1nccn1C. The smallest absolute Gasteiger partial charge is 0.238 e. The minimum atomic E-state index is -3.46. The third-order valence-electron chi connectivity index (χ3n) is 3.93. The van der Waals surface area contributed by atoms with Crippen LogP contribution in [-0.4, -0.2) is 34.9 Å². The third kappa shape index (κ3) is 4.03. The van der Waals surface area contributed by atoms with Crippen LogP contribution >= 0.6 is 0 Å². The normalized spacial score (nSPS) is 14.1. The van der Waals surface area contributed by atoms with Crippen LogP contribution in [0.15, 0.2) is 42.7 Å². The molecule has 0 saturated carbocycles. The summed E-state index contributed by atoms with van der Waals surface area (Å²) in [7, 11) is -1.62. The summed E-state index contributed by atoms with van der Waals surface area (Å²) in [5.74, 6) is 0.134. The summed E-state index contributed by atoms with van der Waals surface area (Å²) < 4.78 is 26.1. The number of carbonyl (C=O) groups is 1. The maximum atomic E-state index is 12.5. The van der Waals surface area contributed by atoms with Crippen LogP contribution in [0.25, 0.3) is 0 Å². The van der Waals surface area contributed by atoms with E-state index in [1.807, 2.05) is 41.9 Å². The molecule has 0 aliphatic rings. The summed E-state index contributed by atoms with van der Waals surface area (Å²) in [5.41, 5.74) is 0.847. The van der Waals surface area contributed by atoms with Crippen LogP contribution in [0, 0.1) is 0 Å². The second-order valence-corrected chi connectivity index (χ2v) is 8.20. The Morgan fingerprint density at radius 1 is 1.29 bits per heavy atom. The largest absolute Gasteiger partial charge is 0.341 e. The monoisotopic (exact) mass is 349 g/mol. The summed E-state index contributed by atoms with van der Waals surface area (Å²) in [6, 6.07) is 8.88. The summed E-state index contributed by atoms with van der Waals surface area (Å²) in [5, 5.41) is 1.75. The molecule has 6 nitrogen and oxygen atoms in total. The molecule has 2 aromatic rings. The molecule has 1 amide bonds. The van der Waals surface area contributed by atoms with E-state index in [4.69, 9.17) is 0 Å². The molecule has 0 aliphatic heterocycles. The highest BCUT2D eigenvalue weighted by Crippen LogP contribution is 2.21. The number of rotatable bonds is 7. The van der Waals surface area contributed by atoms with Gasteiger partial charge in [-0.15, -0.1) is 0 Å². The Labute approximate surface area is 142 Å². The second kappa shape index (κ2) is 7.61. The maximum Gasteiger partial charge on any atom is 0.238 e. The standard InChI is InChI=1S/C17H23N3O3S/c1-4-12-24(22,23)13(2)17(21)19-15(14-8-6-5-7-9-14)16-18-10-11-20(16)3/h5-11,13,15H,4,12H2,1-3H3,(H,19,21)/t13-,15+/m0/s1. The first-order chi connectivity index (χ1) is 11.4. The molecule has 2 atom stereocenters. The van der Waals surface area contributed by atoms with Gasteiger partial charge in [0.25, 0.3) is 0 Å². The van der Waals surface area contributed by atoms with Gasteiger partial charge in [0, 0.05) is 19.4 Å². The molecule has 0 aliphatic carbocycles. The quantitative estimate of drug-likeness (QED) is 0.827. The zero-order chi connectivity index (χ0) is 17.7. The molecule has 0 fully saturated rings. The average molecular weight is 349 g/mol. The van der Waals surface area contributed by atoms with Crippen molar-refractivity contribution in [2.24, 2.45) is 7.05 Å². The van der Waals surface area contributed by atoms with Gasteiger partial charge in [0.2, 0.25) is 5.91 Å². The van der Waals surface area contributed by atoms with E-state index in [-0.39, 0.29) is 5.75 Å². The van der Waals surface area contributed by atoms with Crippen molar-refractivity contribution in [3.05, 3.63) is 54.1 Å². The number of amides is 1. The first-order valence-electron chi connectivity index (χ1n) is 7.91. The lowest BCUT2D eigenvalue weighted by Crippen LogP contribution is -2.41. The van der Waals surface area contributed by atoms with Crippen molar-refractivity contribution in [1.29, 1.82) is 0 Å². The molecule has 0 spiro atoms. The lowest BCUT2D eigenvalue weighted by Gasteiger charge is -2.21. The van der Waals surface area contributed by atoms with Crippen LogP contribution in [0.2, 0.25) is 0 Å². The zero-order valence-electron chi connectivity index (χ0n) is 14.1. The topological polar surface area (TPSA) is 81.1 Å². The number of hydrogen-bond donors (Lipinski definition) is 1. The summed E-state index contributed by atoms with van der Waals surface area (Å²) in [4.78, 5) is 16.8. The Balaban J connectivity index is 2.30. The highest BCUT2D eigenvalue weighted by atomic mass is 32.2. The molecule has 0 saturated heterocycles.